The quantitative estimate of drug-likeness (QED) is 0.576. The first kappa shape index (κ1) is 17.2. The number of ether oxygens (including phenoxy) is 1. The van der Waals surface area contributed by atoms with Crippen molar-refractivity contribution in [2.45, 2.75) is 17.4 Å². The number of nitrogens with one attached hydrogen (secondary N) is 2. The van der Waals surface area contributed by atoms with Crippen LogP contribution in [-0.4, -0.2) is 15.5 Å². The van der Waals surface area contributed by atoms with Crippen molar-refractivity contribution in [2.24, 2.45) is 0 Å². The third-order valence-corrected chi connectivity index (χ3v) is 4.62. The summed E-state index contributed by atoms with van der Waals surface area (Å²) in [5.74, 6) is 0.746. The van der Waals surface area contributed by atoms with Gasteiger partial charge in [-0.15, -0.1) is 11.4 Å². The van der Waals surface area contributed by atoms with Gasteiger partial charge in [-0.3, -0.25) is 0 Å². The van der Waals surface area contributed by atoms with Crippen LogP contribution in [0.15, 0.2) is 72.1 Å². The van der Waals surface area contributed by atoms with Crippen molar-refractivity contribution in [3.63, 3.8) is 0 Å². The summed E-state index contributed by atoms with van der Waals surface area (Å²) in [6.07, 6.45) is 2.31. The molecule has 0 heterocycles. The summed E-state index contributed by atoms with van der Waals surface area (Å²) in [6, 6.07) is 15.4. The minimum absolute atomic E-state index is 0.208. The van der Waals surface area contributed by atoms with Crippen LogP contribution in [0.1, 0.15) is 18.0 Å². The molecular formula is C17H20N2O3S. The molecule has 6 heteroatoms. The molecule has 0 fully saturated rings. The summed E-state index contributed by atoms with van der Waals surface area (Å²) >= 11 is 0. The van der Waals surface area contributed by atoms with E-state index in [0.29, 0.717) is 6.42 Å². The van der Waals surface area contributed by atoms with Crippen LogP contribution in [0.5, 0.6) is 5.75 Å². The Balaban J connectivity index is 2.11. The summed E-state index contributed by atoms with van der Waals surface area (Å²) < 4.78 is 29.6. The van der Waals surface area contributed by atoms with Crippen LogP contribution < -0.4 is 15.0 Å². The number of benzene rings is 2. The third-order valence-electron chi connectivity index (χ3n) is 3.34. The Bertz CT molecular complexity index is 728. The van der Waals surface area contributed by atoms with Gasteiger partial charge in [-0.1, -0.05) is 36.4 Å². The van der Waals surface area contributed by atoms with E-state index in [2.05, 4.69) is 16.8 Å². The van der Waals surface area contributed by atoms with Crippen LogP contribution in [0.3, 0.4) is 0 Å². The van der Waals surface area contributed by atoms with E-state index >= 15 is 0 Å². The highest BCUT2D eigenvalue weighted by atomic mass is 32.2. The molecule has 0 amide bonds. The fourth-order valence-corrected chi connectivity index (χ4v) is 3.02. The van der Waals surface area contributed by atoms with Crippen LogP contribution in [0.4, 0.5) is 0 Å². The normalized spacial score (nSPS) is 12.6. The molecule has 5 nitrogen and oxygen atoms in total. The lowest BCUT2D eigenvalue weighted by atomic mass is 10.0. The van der Waals surface area contributed by atoms with E-state index in [9.17, 15) is 8.42 Å². The van der Waals surface area contributed by atoms with E-state index in [4.69, 9.17) is 4.74 Å². The maximum atomic E-state index is 12.3. The second kappa shape index (κ2) is 7.92. The summed E-state index contributed by atoms with van der Waals surface area (Å²) in [7, 11) is -2.01. The highest BCUT2D eigenvalue weighted by Gasteiger charge is 2.16. The molecule has 23 heavy (non-hydrogen) atoms. The zero-order valence-electron chi connectivity index (χ0n) is 12.9. The molecule has 122 valence electrons. The van der Waals surface area contributed by atoms with E-state index in [-0.39, 0.29) is 10.9 Å². The molecule has 1 atom stereocenters. The Labute approximate surface area is 137 Å². The summed E-state index contributed by atoms with van der Waals surface area (Å²) in [5, 5.41) is 0. The Kier molecular flexibility index (Phi) is 5.92. The Morgan fingerprint density at radius 3 is 2.35 bits per heavy atom. The third kappa shape index (κ3) is 4.66. The average molecular weight is 332 g/mol. The lowest BCUT2D eigenvalue weighted by Crippen LogP contribution is -2.39. The fourth-order valence-electron chi connectivity index (χ4n) is 2.09. The number of methoxy groups -OCH3 is 1. The highest BCUT2D eigenvalue weighted by Crippen LogP contribution is 2.20. The van der Waals surface area contributed by atoms with Gasteiger partial charge in [0.05, 0.1) is 18.0 Å². The Morgan fingerprint density at radius 2 is 1.78 bits per heavy atom. The molecule has 2 rings (SSSR count). The lowest BCUT2D eigenvalue weighted by molar-refractivity contribution is 0.414. The molecule has 2 N–H and O–H groups in total. The van der Waals surface area contributed by atoms with Gasteiger partial charge in [-0.05, 0) is 36.2 Å². The molecule has 2 aromatic rings. The summed E-state index contributed by atoms with van der Waals surface area (Å²) in [5.41, 5.74) is 3.80. The van der Waals surface area contributed by atoms with Crippen LogP contribution >= 0.6 is 0 Å². The van der Waals surface area contributed by atoms with E-state index < -0.39 is 10.0 Å². The maximum Gasteiger partial charge on any atom is 0.253 e. The van der Waals surface area contributed by atoms with Crippen LogP contribution in [0.25, 0.3) is 0 Å². The first-order valence-corrected chi connectivity index (χ1v) is 8.62. The highest BCUT2D eigenvalue weighted by molar-refractivity contribution is 7.89. The fraction of sp³-hybridized carbons (Fsp3) is 0.176. The van der Waals surface area contributed by atoms with Crippen molar-refractivity contribution in [3.8, 4) is 5.75 Å². The van der Waals surface area contributed by atoms with Gasteiger partial charge < -0.3 is 4.74 Å². The standard InChI is InChI=1S/C17H20N2O3S/c1-3-7-17(14-10-12-15(22-2)13-11-14)18-19-23(20,21)16-8-5-4-6-9-16/h3-6,8-13,17-19H,1,7H2,2H3/t17-/m0/s1. The number of sulfonamides is 1. The molecule has 0 aromatic heterocycles. The molecule has 0 aliphatic heterocycles. The molecule has 0 saturated carbocycles. The summed E-state index contributed by atoms with van der Waals surface area (Å²) in [6.45, 7) is 3.72. The second-order valence-electron chi connectivity index (χ2n) is 4.91. The van der Waals surface area contributed by atoms with Crippen molar-refractivity contribution in [3.05, 3.63) is 72.8 Å². The predicted molar refractivity (Wildman–Crippen MR) is 90.4 cm³/mol. The van der Waals surface area contributed by atoms with Gasteiger partial charge in [0.15, 0.2) is 0 Å². The monoisotopic (exact) mass is 332 g/mol. The first-order valence-electron chi connectivity index (χ1n) is 7.14. The summed E-state index contributed by atoms with van der Waals surface area (Å²) in [4.78, 5) is 2.64. The van der Waals surface area contributed by atoms with Crippen molar-refractivity contribution in [2.75, 3.05) is 7.11 Å². The minimum Gasteiger partial charge on any atom is -0.497 e. The zero-order valence-corrected chi connectivity index (χ0v) is 13.7. The molecule has 2 aromatic carbocycles. The van der Waals surface area contributed by atoms with Gasteiger partial charge in [-0.2, -0.15) is 0 Å². The van der Waals surface area contributed by atoms with Crippen LogP contribution in [0.2, 0.25) is 0 Å². The van der Waals surface area contributed by atoms with Gasteiger partial charge in [0.25, 0.3) is 10.0 Å². The first-order chi connectivity index (χ1) is 11.1. The molecule has 0 unspecified atom stereocenters. The van der Waals surface area contributed by atoms with Gasteiger partial charge in [0, 0.05) is 0 Å². The van der Waals surface area contributed by atoms with Gasteiger partial charge in [0.1, 0.15) is 5.75 Å². The molecule has 0 bridgehead atoms. The Hall–Kier alpha value is -2.15. The maximum absolute atomic E-state index is 12.3. The zero-order chi connectivity index (χ0) is 16.7. The number of rotatable bonds is 8. The van der Waals surface area contributed by atoms with E-state index in [0.717, 1.165) is 11.3 Å². The van der Waals surface area contributed by atoms with Crippen molar-refractivity contribution in [1.82, 2.24) is 10.3 Å². The van der Waals surface area contributed by atoms with E-state index in [1.807, 2.05) is 24.3 Å². The molecule has 0 radical (unpaired) electrons. The van der Waals surface area contributed by atoms with E-state index in [1.54, 1.807) is 43.5 Å². The number of hydrogen-bond acceptors (Lipinski definition) is 4. The SMILES string of the molecule is C=CC[C@H](NNS(=O)(=O)c1ccccc1)c1ccc(OC)cc1. The predicted octanol–water partition coefficient (Wildman–Crippen LogP) is 2.80. The second-order valence-corrected chi connectivity index (χ2v) is 6.60. The largest absolute Gasteiger partial charge is 0.497 e. The number of hydrazine groups is 1. The van der Waals surface area contributed by atoms with Crippen molar-refractivity contribution < 1.29 is 13.2 Å². The van der Waals surface area contributed by atoms with Gasteiger partial charge in [-0.25, -0.2) is 13.8 Å². The molecule has 0 aliphatic rings. The molecule has 0 aliphatic carbocycles. The van der Waals surface area contributed by atoms with Crippen LogP contribution in [-0.2, 0) is 10.0 Å². The van der Waals surface area contributed by atoms with Gasteiger partial charge in [0.2, 0.25) is 0 Å². The molecule has 0 saturated heterocycles. The minimum atomic E-state index is -3.61. The average Bonchev–Trinajstić information content (AvgIpc) is 2.59. The van der Waals surface area contributed by atoms with Crippen molar-refractivity contribution in [1.29, 1.82) is 0 Å². The lowest BCUT2D eigenvalue weighted by Gasteiger charge is -2.18. The number of hydrogen-bond donors (Lipinski definition) is 2. The van der Waals surface area contributed by atoms with E-state index in [1.165, 1.54) is 0 Å². The topological polar surface area (TPSA) is 67.4 Å². The Morgan fingerprint density at radius 1 is 1.13 bits per heavy atom. The van der Waals surface area contributed by atoms with Crippen LogP contribution in [0, 0.1) is 0 Å². The molecular weight excluding hydrogens is 312 g/mol. The van der Waals surface area contributed by atoms with Crippen molar-refractivity contribution >= 4 is 10.0 Å². The molecule has 0 spiro atoms. The van der Waals surface area contributed by atoms with Gasteiger partial charge >= 0.3 is 0 Å². The smallest absolute Gasteiger partial charge is 0.253 e.